The van der Waals surface area contributed by atoms with Crippen LogP contribution in [0, 0.1) is 5.82 Å². The highest BCUT2D eigenvalue weighted by Crippen LogP contribution is 2.22. The number of benzene rings is 2. The molecule has 2 aromatic carbocycles. The Hall–Kier alpha value is -2.53. The first-order chi connectivity index (χ1) is 10.8. The van der Waals surface area contributed by atoms with Gasteiger partial charge in [-0.3, -0.25) is 0 Å². The molecule has 5 heteroatoms. The molecule has 0 aliphatic rings. The third kappa shape index (κ3) is 2.51. The fraction of sp³-hybridized carbons (Fsp3) is 0.0588. The lowest BCUT2D eigenvalue weighted by atomic mass is 10.2. The van der Waals surface area contributed by atoms with Crippen LogP contribution in [0.25, 0.3) is 22.1 Å². The molecule has 0 unspecified atom stereocenters. The molecule has 0 amide bonds. The molecule has 0 aliphatic heterocycles. The number of halogens is 1. The second-order valence-electron chi connectivity index (χ2n) is 4.93. The lowest BCUT2D eigenvalue weighted by molar-refractivity contribution is 0.307. The molecule has 4 rings (SSSR count). The first kappa shape index (κ1) is 13.2. The van der Waals surface area contributed by atoms with Crippen LogP contribution in [0.2, 0.25) is 0 Å². The maximum absolute atomic E-state index is 13.3. The number of hydrogen-bond acceptors (Lipinski definition) is 4. The molecule has 2 heterocycles. The van der Waals surface area contributed by atoms with E-state index >= 15 is 0 Å². The fourth-order valence-electron chi connectivity index (χ4n) is 2.26. The first-order valence-electron chi connectivity index (χ1n) is 6.79. The Bertz CT molecular complexity index is 954. The van der Waals surface area contributed by atoms with E-state index in [1.165, 1.54) is 12.1 Å². The van der Waals surface area contributed by atoms with Gasteiger partial charge in [0.25, 0.3) is 0 Å². The minimum absolute atomic E-state index is 0.314. The summed E-state index contributed by atoms with van der Waals surface area (Å²) in [6.07, 6.45) is 0. The van der Waals surface area contributed by atoms with Crippen LogP contribution in [0.3, 0.4) is 0 Å². The molecule has 2 aromatic heterocycles. The SMILES string of the molecule is Fc1ccc2nc3ccc(OCc4ccsc4)cc3nc2c1. The highest BCUT2D eigenvalue weighted by molar-refractivity contribution is 7.07. The predicted molar refractivity (Wildman–Crippen MR) is 85.7 cm³/mol. The number of aromatic nitrogens is 2. The van der Waals surface area contributed by atoms with Crippen molar-refractivity contribution < 1.29 is 9.13 Å². The predicted octanol–water partition coefficient (Wildman–Crippen LogP) is 4.56. The van der Waals surface area contributed by atoms with Crippen LogP contribution in [-0.4, -0.2) is 9.97 Å². The van der Waals surface area contributed by atoms with Crippen LogP contribution in [-0.2, 0) is 6.61 Å². The number of nitrogens with zero attached hydrogens (tertiary/aromatic N) is 2. The van der Waals surface area contributed by atoms with E-state index in [-0.39, 0.29) is 5.82 Å². The van der Waals surface area contributed by atoms with Gasteiger partial charge in [0.15, 0.2) is 0 Å². The minimum Gasteiger partial charge on any atom is -0.489 e. The van der Waals surface area contributed by atoms with E-state index in [0.717, 1.165) is 16.8 Å². The Kier molecular flexibility index (Phi) is 3.20. The smallest absolute Gasteiger partial charge is 0.125 e. The summed E-state index contributed by atoms with van der Waals surface area (Å²) >= 11 is 1.64. The fourth-order valence-corrected chi connectivity index (χ4v) is 2.91. The largest absolute Gasteiger partial charge is 0.489 e. The maximum atomic E-state index is 13.3. The number of ether oxygens (including phenoxy) is 1. The summed E-state index contributed by atoms with van der Waals surface area (Å²) in [5.41, 5.74) is 3.82. The summed E-state index contributed by atoms with van der Waals surface area (Å²) in [6, 6.07) is 12.0. The zero-order valence-electron chi connectivity index (χ0n) is 11.5. The van der Waals surface area contributed by atoms with Crippen molar-refractivity contribution in [2.45, 2.75) is 6.61 Å². The molecule has 0 bridgehead atoms. The molecule has 108 valence electrons. The monoisotopic (exact) mass is 310 g/mol. The average molecular weight is 310 g/mol. The zero-order valence-corrected chi connectivity index (χ0v) is 12.3. The zero-order chi connectivity index (χ0) is 14.9. The Labute approximate surface area is 130 Å². The van der Waals surface area contributed by atoms with Gasteiger partial charge in [-0.2, -0.15) is 11.3 Å². The van der Waals surface area contributed by atoms with Gasteiger partial charge >= 0.3 is 0 Å². The number of fused-ring (bicyclic) bond motifs is 2. The Morgan fingerprint density at radius 1 is 0.909 bits per heavy atom. The van der Waals surface area contributed by atoms with E-state index in [0.29, 0.717) is 23.2 Å². The van der Waals surface area contributed by atoms with Gasteiger partial charge in [0.2, 0.25) is 0 Å². The van der Waals surface area contributed by atoms with Crippen LogP contribution in [0.15, 0.2) is 53.2 Å². The van der Waals surface area contributed by atoms with Crippen molar-refractivity contribution >= 4 is 33.4 Å². The van der Waals surface area contributed by atoms with E-state index in [4.69, 9.17) is 4.74 Å². The lowest BCUT2D eigenvalue weighted by Gasteiger charge is -2.06. The normalized spacial score (nSPS) is 11.1. The van der Waals surface area contributed by atoms with Crippen LogP contribution >= 0.6 is 11.3 Å². The molecule has 0 saturated heterocycles. The first-order valence-corrected chi connectivity index (χ1v) is 7.73. The highest BCUT2D eigenvalue weighted by atomic mass is 32.1. The van der Waals surface area contributed by atoms with Gasteiger partial charge in [-0.15, -0.1) is 0 Å². The maximum Gasteiger partial charge on any atom is 0.125 e. The summed E-state index contributed by atoms with van der Waals surface area (Å²) in [5, 5.41) is 4.07. The molecule has 0 radical (unpaired) electrons. The van der Waals surface area contributed by atoms with Crippen molar-refractivity contribution in [3.63, 3.8) is 0 Å². The third-order valence-corrected chi connectivity index (χ3v) is 4.08. The van der Waals surface area contributed by atoms with Gasteiger partial charge in [-0.25, -0.2) is 14.4 Å². The molecule has 0 saturated carbocycles. The second kappa shape index (κ2) is 5.35. The van der Waals surface area contributed by atoms with Crippen molar-refractivity contribution in [3.05, 3.63) is 64.6 Å². The van der Waals surface area contributed by atoms with Crippen LogP contribution in [0.1, 0.15) is 5.56 Å². The third-order valence-electron chi connectivity index (χ3n) is 3.35. The van der Waals surface area contributed by atoms with Gasteiger partial charge < -0.3 is 4.74 Å². The van der Waals surface area contributed by atoms with Gasteiger partial charge in [-0.05, 0) is 46.7 Å². The van der Waals surface area contributed by atoms with Gasteiger partial charge in [-0.1, -0.05) is 0 Å². The van der Waals surface area contributed by atoms with Gasteiger partial charge in [0, 0.05) is 12.1 Å². The second-order valence-corrected chi connectivity index (χ2v) is 5.71. The number of rotatable bonds is 3. The molecule has 0 fully saturated rings. The molecule has 22 heavy (non-hydrogen) atoms. The van der Waals surface area contributed by atoms with E-state index in [9.17, 15) is 4.39 Å². The molecule has 0 N–H and O–H groups in total. The molecule has 0 spiro atoms. The summed E-state index contributed by atoms with van der Waals surface area (Å²) in [5.74, 6) is 0.412. The Morgan fingerprint density at radius 3 is 2.50 bits per heavy atom. The highest BCUT2D eigenvalue weighted by Gasteiger charge is 2.05. The standard InChI is InChI=1S/C17H11FN2OS/c18-12-1-3-14-16(7-12)20-17-8-13(2-4-15(17)19-14)21-9-11-5-6-22-10-11/h1-8,10H,9H2. The Morgan fingerprint density at radius 2 is 1.68 bits per heavy atom. The van der Waals surface area contributed by atoms with E-state index in [1.54, 1.807) is 17.4 Å². The van der Waals surface area contributed by atoms with E-state index in [2.05, 4.69) is 15.3 Å². The molecule has 3 nitrogen and oxygen atoms in total. The van der Waals surface area contributed by atoms with Crippen molar-refractivity contribution in [3.8, 4) is 5.75 Å². The lowest BCUT2D eigenvalue weighted by Crippen LogP contribution is -1.94. The van der Waals surface area contributed by atoms with Crippen molar-refractivity contribution in [1.29, 1.82) is 0 Å². The molecular weight excluding hydrogens is 299 g/mol. The summed E-state index contributed by atoms with van der Waals surface area (Å²) in [4.78, 5) is 8.95. The summed E-state index contributed by atoms with van der Waals surface area (Å²) < 4.78 is 19.1. The topological polar surface area (TPSA) is 35.0 Å². The Balaban J connectivity index is 1.71. The number of thiophene rings is 1. The van der Waals surface area contributed by atoms with E-state index in [1.807, 2.05) is 29.6 Å². The number of hydrogen-bond donors (Lipinski definition) is 0. The van der Waals surface area contributed by atoms with Crippen LogP contribution < -0.4 is 4.74 Å². The van der Waals surface area contributed by atoms with Crippen molar-refractivity contribution in [1.82, 2.24) is 9.97 Å². The van der Waals surface area contributed by atoms with Crippen molar-refractivity contribution in [2.75, 3.05) is 0 Å². The molecule has 4 aromatic rings. The average Bonchev–Trinajstić information content (AvgIpc) is 3.04. The van der Waals surface area contributed by atoms with Gasteiger partial charge in [0.05, 0.1) is 22.1 Å². The quantitative estimate of drug-likeness (QED) is 0.520. The van der Waals surface area contributed by atoms with Gasteiger partial charge in [0.1, 0.15) is 18.2 Å². The van der Waals surface area contributed by atoms with Crippen LogP contribution in [0.4, 0.5) is 4.39 Å². The minimum atomic E-state index is -0.314. The molecule has 0 atom stereocenters. The van der Waals surface area contributed by atoms with Crippen LogP contribution in [0.5, 0.6) is 5.75 Å². The summed E-state index contributed by atoms with van der Waals surface area (Å²) in [7, 11) is 0. The van der Waals surface area contributed by atoms with Crippen molar-refractivity contribution in [2.24, 2.45) is 0 Å². The van der Waals surface area contributed by atoms with E-state index < -0.39 is 0 Å². The molecule has 0 aliphatic carbocycles. The summed E-state index contributed by atoms with van der Waals surface area (Å²) in [6.45, 7) is 0.518. The molecular formula is C17H11FN2OS.